The first kappa shape index (κ1) is 16.0. The van der Waals surface area contributed by atoms with Gasteiger partial charge in [-0.3, -0.25) is 0 Å². The normalized spacial score (nSPS) is 11.0. The topological polar surface area (TPSA) is 30.5 Å². The Labute approximate surface area is 117 Å². The summed E-state index contributed by atoms with van der Waals surface area (Å²) in [7, 11) is 1.95. The van der Waals surface area contributed by atoms with Gasteiger partial charge in [-0.15, -0.1) is 0 Å². The minimum atomic E-state index is 0.611. The van der Waals surface area contributed by atoms with Gasteiger partial charge in [-0.25, -0.2) is 0 Å². The fourth-order valence-electron chi connectivity index (χ4n) is 1.87. The molecule has 1 rings (SSSR count). The van der Waals surface area contributed by atoms with Crippen molar-refractivity contribution in [2.24, 2.45) is 5.92 Å². The van der Waals surface area contributed by atoms with Gasteiger partial charge < -0.3 is 14.8 Å². The van der Waals surface area contributed by atoms with Gasteiger partial charge in [-0.05, 0) is 31.9 Å². The molecule has 108 valence electrons. The van der Waals surface area contributed by atoms with E-state index in [0.717, 1.165) is 25.3 Å². The number of ether oxygens (including phenoxy) is 2. The van der Waals surface area contributed by atoms with Crippen LogP contribution in [0.15, 0.2) is 18.2 Å². The van der Waals surface area contributed by atoms with Crippen molar-refractivity contribution < 1.29 is 9.47 Å². The van der Waals surface area contributed by atoms with E-state index in [-0.39, 0.29) is 0 Å². The number of hydrogen-bond acceptors (Lipinski definition) is 3. The number of nitrogens with one attached hydrogen (secondary N) is 1. The molecule has 0 radical (unpaired) electrons. The van der Waals surface area contributed by atoms with Gasteiger partial charge in [0.15, 0.2) is 0 Å². The maximum atomic E-state index is 5.86. The van der Waals surface area contributed by atoms with E-state index in [1.165, 1.54) is 11.1 Å². The van der Waals surface area contributed by atoms with Crippen LogP contribution >= 0.6 is 0 Å². The summed E-state index contributed by atoms with van der Waals surface area (Å²) >= 11 is 0. The van der Waals surface area contributed by atoms with Gasteiger partial charge >= 0.3 is 0 Å². The highest BCUT2D eigenvalue weighted by Gasteiger charge is 2.06. The Morgan fingerprint density at radius 3 is 2.63 bits per heavy atom. The standard InChI is InChI=1S/C16H27NO2/c1-13(2)8-9-18-10-11-19-16-14(3)6-5-7-15(16)12-17-4/h5-7,13,17H,8-12H2,1-4H3. The molecule has 0 atom stereocenters. The number of benzene rings is 1. The lowest BCUT2D eigenvalue weighted by Gasteiger charge is -2.14. The summed E-state index contributed by atoms with van der Waals surface area (Å²) in [6, 6.07) is 6.24. The van der Waals surface area contributed by atoms with Crippen LogP contribution in [-0.4, -0.2) is 26.9 Å². The van der Waals surface area contributed by atoms with E-state index in [4.69, 9.17) is 9.47 Å². The Morgan fingerprint density at radius 2 is 1.95 bits per heavy atom. The van der Waals surface area contributed by atoms with Gasteiger partial charge in [0, 0.05) is 18.7 Å². The average Bonchev–Trinajstić information content (AvgIpc) is 2.36. The van der Waals surface area contributed by atoms with E-state index >= 15 is 0 Å². The van der Waals surface area contributed by atoms with Crippen LogP contribution in [0.2, 0.25) is 0 Å². The fourth-order valence-corrected chi connectivity index (χ4v) is 1.87. The molecule has 0 heterocycles. The van der Waals surface area contributed by atoms with Crippen molar-refractivity contribution in [3.63, 3.8) is 0 Å². The smallest absolute Gasteiger partial charge is 0.126 e. The molecule has 3 nitrogen and oxygen atoms in total. The van der Waals surface area contributed by atoms with Gasteiger partial charge in [-0.1, -0.05) is 32.0 Å². The zero-order valence-corrected chi connectivity index (χ0v) is 12.7. The van der Waals surface area contributed by atoms with Crippen LogP contribution in [0.25, 0.3) is 0 Å². The molecule has 0 aliphatic heterocycles. The summed E-state index contributed by atoms with van der Waals surface area (Å²) in [6.45, 7) is 9.39. The molecule has 19 heavy (non-hydrogen) atoms. The summed E-state index contributed by atoms with van der Waals surface area (Å²) < 4.78 is 11.4. The van der Waals surface area contributed by atoms with Crippen LogP contribution in [0.5, 0.6) is 5.75 Å². The highest BCUT2D eigenvalue weighted by molar-refractivity contribution is 5.40. The Balaban J connectivity index is 2.36. The minimum absolute atomic E-state index is 0.611. The molecular weight excluding hydrogens is 238 g/mol. The van der Waals surface area contributed by atoms with E-state index in [2.05, 4.69) is 44.3 Å². The zero-order valence-electron chi connectivity index (χ0n) is 12.7. The maximum Gasteiger partial charge on any atom is 0.126 e. The molecule has 0 aliphatic carbocycles. The molecule has 1 aromatic rings. The third-order valence-corrected chi connectivity index (χ3v) is 2.97. The quantitative estimate of drug-likeness (QED) is 0.696. The zero-order chi connectivity index (χ0) is 14.1. The molecule has 1 N–H and O–H groups in total. The van der Waals surface area contributed by atoms with Gasteiger partial charge in [0.2, 0.25) is 0 Å². The van der Waals surface area contributed by atoms with Crippen LogP contribution in [0, 0.1) is 12.8 Å². The first-order valence-corrected chi connectivity index (χ1v) is 7.08. The second-order valence-electron chi connectivity index (χ2n) is 5.24. The SMILES string of the molecule is CNCc1cccc(C)c1OCCOCCC(C)C. The molecular formula is C16H27NO2. The maximum absolute atomic E-state index is 5.86. The van der Waals surface area contributed by atoms with E-state index in [0.29, 0.717) is 19.1 Å². The summed E-state index contributed by atoms with van der Waals surface area (Å²) in [4.78, 5) is 0. The molecule has 3 heteroatoms. The molecule has 0 amide bonds. The highest BCUT2D eigenvalue weighted by atomic mass is 16.5. The molecule has 0 fully saturated rings. The molecule has 0 saturated carbocycles. The van der Waals surface area contributed by atoms with Crippen molar-refractivity contribution in [1.82, 2.24) is 5.32 Å². The van der Waals surface area contributed by atoms with Gasteiger partial charge in [0.25, 0.3) is 0 Å². The number of para-hydroxylation sites is 1. The Kier molecular flexibility index (Phi) is 7.53. The Bertz CT molecular complexity index is 364. The summed E-state index contributed by atoms with van der Waals surface area (Å²) in [5.41, 5.74) is 2.37. The van der Waals surface area contributed by atoms with E-state index in [9.17, 15) is 0 Å². The predicted octanol–water partition coefficient (Wildman–Crippen LogP) is 3.16. The molecule has 0 aliphatic rings. The summed E-state index contributed by atoms with van der Waals surface area (Å²) in [5, 5.41) is 3.16. The Hall–Kier alpha value is -1.06. The molecule has 0 spiro atoms. The lowest BCUT2D eigenvalue weighted by molar-refractivity contribution is 0.0920. The summed E-state index contributed by atoms with van der Waals surface area (Å²) in [6.07, 6.45) is 1.11. The van der Waals surface area contributed by atoms with Crippen molar-refractivity contribution in [3.8, 4) is 5.75 Å². The second-order valence-corrected chi connectivity index (χ2v) is 5.24. The lowest BCUT2D eigenvalue weighted by atomic mass is 10.1. The third-order valence-electron chi connectivity index (χ3n) is 2.97. The monoisotopic (exact) mass is 265 g/mol. The number of hydrogen-bond donors (Lipinski definition) is 1. The third kappa shape index (κ3) is 6.08. The van der Waals surface area contributed by atoms with Gasteiger partial charge in [-0.2, -0.15) is 0 Å². The molecule has 1 aromatic carbocycles. The molecule has 0 aromatic heterocycles. The number of rotatable bonds is 9. The molecule has 0 bridgehead atoms. The van der Waals surface area contributed by atoms with E-state index in [1.54, 1.807) is 0 Å². The van der Waals surface area contributed by atoms with E-state index in [1.807, 2.05) is 7.05 Å². The Morgan fingerprint density at radius 1 is 1.16 bits per heavy atom. The van der Waals surface area contributed by atoms with Crippen molar-refractivity contribution in [1.29, 1.82) is 0 Å². The minimum Gasteiger partial charge on any atom is -0.491 e. The van der Waals surface area contributed by atoms with Crippen molar-refractivity contribution in [3.05, 3.63) is 29.3 Å². The number of aryl methyl sites for hydroxylation is 1. The fraction of sp³-hybridized carbons (Fsp3) is 0.625. The first-order chi connectivity index (χ1) is 9.15. The summed E-state index contributed by atoms with van der Waals surface area (Å²) in [5.74, 6) is 1.68. The average molecular weight is 265 g/mol. The van der Waals surface area contributed by atoms with Gasteiger partial charge in [0.1, 0.15) is 12.4 Å². The first-order valence-electron chi connectivity index (χ1n) is 7.08. The predicted molar refractivity (Wildman–Crippen MR) is 79.7 cm³/mol. The van der Waals surface area contributed by atoms with Crippen molar-refractivity contribution >= 4 is 0 Å². The van der Waals surface area contributed by atoms with E-state index < -0.39 is 0 Å². The van der Waals surface area contributed by atoms with Crippen LogP contribution < -0.4 is 10.1 Å². The van der Waals surface area contributed by atoms with Crippen LogP contribution in [0.1, 0.15) is 31.4 Å². The van der Waals surface area contributed by atoms with Crippen molar-refractivity contribution in [2.45, 2.75) is 33.7 Å². The second kappa shape index (κ2) is 8.94. The van der Waals surface area contributed by atoms with Crippen LogP contribution in [-0.2, 0) is 11.3 Å². The molecule has 0 saturated heterocycles. The molecule has 0 unspecified atom stereocenters. The van der Waals surface area contributed by atoms with Crippen LogP contribution in [0.3, 0.4) is 0 Å². The van der Waals surface area contributed by atoms with Gasteiger partial charge in [0.05, 0.1) is 6.61 Å². The van der Waals surface area contributed by atoms with Crippen LogP contribution in [0.4, 0.5) is 0 Å². The lowest BCUT2D eigenvalue weighted by Crippen LogP contribution is -2.12. The highest BCUT2D eigenvalue weighted by Crippen LogP contribution is 2.23. The van der Waals surface area contributed by atoms with Crippen molar-refractivity contribution in [2.75, 3.05) is 26.9 Å². The largest absolute Gasteiger partial charge is 0.491 e.